The number of rotatable bonds is 2. The molecular formula is C2H2F3OS+. The molecule has 0 aliphatic heterocycles. The smallest absolute Gasteiger partial charge is 0.237 e. The lowest BCUT2D eigenvalue weighted by Gasteiger charge is -1.82. The molecule has 0 aliphatic rings. The minimum atomic E-state index is -3.72. The highest BCUT2D eigenvalue weighted by Crippen LogP contribution is 2.10. The fourth-order valence-electron chi connectivity index (χ4n) is 0.0223. The van der Waals surface area contributed by atoms with Crippen LogP contribution in [-0.4, -0.2) is 11.9 Å². The van der Waals surface area contributed by atoms with Crippen molar-refractivity contribution >= 4 is 11.7 Å². The average molecular weight is 131 g/mol. The van der Waals surface area contributed by atoms with E-state index >= 15 is 0 Å². The average Bonchev–Trinajstić information content (AvgIpc) is 1.68. The number of hydrogen-bond donors (Lipinski definition) is 0. The SMILES string of the molecule is O=[S+]C(F)(F)CF. The maximum atomic E-state index is 11.2. The molecule has 0 amide bonds. The van der Waals surface area contributed by atoms with Gasteiger partial charge in [-0.1, -0.05) is 0 Å². The highest BCUT2D eigenvalue weighted by atomic mass is 32.1. The van der Waals surface area contributed by atoms with Crippen LogP contribution in [0, 0.1) is 0 Å². The third-order valence-electron chi connectivity index (χ3n) is 0.277. The zero-order valence-electron chi connectivity index (χ0n) is 3.16. The zero-order chi connectivity index (χ0) is 5.91. The molecule has 42 valence electrons. The Morgan fingerprint density at radius 3 is 2.00 bits per heavy atom. The highest BCUT2D eigenvalue weighted by Gasteiger charge is 2.46. The quantitative estimate of drug-likeness (QED) is 0.510. The Balaban J connectivity index is 3.58. The molecule has 0 fully saturated rings. The first-order chi connectivity index (χ1) is 3.12. The standard InChI is InChI=1S/C2H2F3OS/c3-1-2(4,5)7-6/h1H2/q+1. The van der Waals surface area contributed by atoms with E-state index in [9.17, 15) is 13.2 Å². The van der Waals surface area contributed by atoms with Gasteiger partial charge in [-0.2, -0.15) is 0 Å². The summed E-state index contributed by atoms with van der Waals surface area (Å²) in [5.41, 5.74) is 0. The molecular weight excluding hydrogens is 129 g/mol. The summed E-state index contributed by atoms with van der Waals surface area (Å²) in [7, 11) is 0. The summed E-state index contributed by atoms with van der Waals surface area (Å²) in [6.45, 7) is -1.89. The predicted molar refractivity (Wildman–Crippen MR) is 19.0 cm³/mol. The summed E-state index contributed by atoms with van der Waals surface area (Å²) < 4.78 is 42.2. The van der Waals surface area contributed by atoms with Gasteiger partial charge in [0.2, 0.25) is 6.67 Å². The van der Waals surface area contributed by atoms with Crippen LogP contribution in [0.15, 0.2) is 0 Å². The Morgan fingerprint density at radius 2 is 2.00 bits per heavy atom. The molecule has 1 nitrogen and oxygen atoms in total. The molecule has 0 aromatic rings. The van der Waals surface area contributed by atoms with Crippen molar-refractivity contribution in [1.29, 1.82) is 0 Å². The Kier molecular flexibility index (Phi) is 2.14. The van der Waals surface area contributed by atoms with E-state index in [2.05, 4.69) is 0 Å². The first kappa shape index (κ1) is 6.81. The third kappa shape index (κ3) is 2.50. The van der Waals surface area contributed by atoms with Gasteiger partial charge in [0.1, 0.15) is 0 Å². The second kappa shape index (κ2) is 2.20. The second-order valence-electron chi connectivity index (χ2n) is 0.854. The molecule has 0 bridgehead atoms. The summed E-state index contributed by atoms with van der Waals surface area (Å²) in [6, 6.07) is 0. The number of hydrogen-bond acceptors (Lipinski definition) is 1. The van der Waals surface area contributed by atoms with Gasteiger partial charge in [0.15, 0.2) is 0 Å². The minimum Gasteiger partial charge on any atom is -0.237 e. The van der Waals surface area contributed by atoms with Crippen LogP contribution in [0.5, 0.6) is 0 Å². The van der Waals surface area contributed by atoms with Crippen LogP contribution >= 0.6 is 0 Å². The molecule has 5 heteroatoms. The minimum absolute atomic E-state index is 1.03. The van der Waals surface area contributed by atoms with E-state index in [1.165, 1.54) is 0 Å². The van der Waals surface area contributed by atoms with E-state index < -0.39 is 23.6 Å². The number of alkyl halides is 3. The van der Waals surface area contributed by atoms with E-state index in [0.717, 1.165) is 0 Å². The first-order valence-electron chi connectivity index (χ1n) is 1.37. The summed E-state index contributed by atoms with van der Waals surface area (Å²) in [6.07, 6.45) is 0. The van der Waals surface area contributed by atoms with Crippen molar-refractivity contribution < 1.29 is 17.4 Å². The molecule has 0 N–H and O–H groups in total. The molecule has 0 unspecified atom stereocenters. The van der Waals surface area contributed by atoms with E-state index in [-0.39, 0.29) is 0 Å². The van der Waals surface area contributed by atoms with Crippen LogP contribution in [0.25, 0.3) is 0 Å². The summed E-state index contributed by atoms with van der Waals surface area (Å²) in [5.74, 6) is 0. The molecule has 0 atom stereocenters. The highest BCUT2D eigenvalue weighted by molar-refractivity contribution is 7.66. The van der Waals surface area contributed by atoms with Crippen molar-refractivity contribution in [1.82, 2.24) is 0 Å². The van der Waals surface area contributed by atoms with Crippen molar-refractivity contribution in [2.45, 2.75) is 5.25 Å². The van der Waals surface area contributed by atoms with Crippen molar-refractivity contribution in [3.63, 3.8) is 0 Å². The lowest BCUT2D eigenvalue weighted by atomic mass is 10.8. The van der Waals surface area contributed by atoms with Gasteiger partial charge in [0.05, 0.1) is 0 Å². The molecule has 7 heavy (non-hydrogen) atoms. The molecule has 0 spiro atoms. The maximum Gasteiger partial charge on any atom is 0.557 e. The Labute approximate surface area is 42.0 Å². The summed E-state index contributed by atoms with van der Waals surface area (Å²) >= 11 is -1.03. The Morgan fingerprint density at radius 1 is 1.57 bits per heavy atom. The van der Waals surface area contributed by atoms with Crippen molar-refractivity contribution in [3.05, 3.63) is 0 Å². The van der Waals surface area contributed by atoms with Gasteiger partial charge in [-0.15, -0.1) is 8.78 Å². The molecule has 0 aromatic carbocycles. The van der Waals surface area contributed by atoms with Gasteiger partial charge in [-0.3, -0.25) is 0 Å². The molecule has 0 heterocycles. The third-order valence-corrected chi connectivity index (χ3v) is 0.630. The zero-order valence-corrected chi connectivity index (χ0v) is 3.97. The topological polar surface area (TPSA) is 17.1 Å². The largest absolute Gasteiger partial charge is 0.557 e. The van der Waals surface area contributed by atoms with Crippen LogP contribution in [-0.2, 0) is 15.9 Å². The summed E-state index contributed by atoms with van der Waals surface area (Å²) in [4.78, 5) is 0. The molecule has 0 saturated heterocycles. The maximum absolute atomic E-state index is 11.2. The first-order valence-corrected chi connectivity index (χ1v) is 2.11. The molecule has 0 aliphatic carbocycles. The van der Waals surface area contributed by atoms with E-state index in [0.29, 0.717) is 0 Å². The van der Waals surface area contributed by atoms with Crippen LogP contribution in [0.1, 0.15) is 0 Å². The van der Waals surface area contributed by atoms with Crippen LogP contribution in [0.4, 0.5) is 13.2 Å². The van der Waals surface area contributed by atoms with Crippen LogP contribution in [0.3, 0.4) is 0 Å². The number of halogens is 3. The molecule has 0 rings (SSSR count). The lowest BCUT2D eigenvalue weighted by molar-refractivity contribution is 0.0705. The normalized spacial score (nSPS) is 11.3. The molecule has 0 saturated carbocycles. The Bertz CT molecular complexity index is 73.3. The van der Waals surface area contributed by atoms with E-state index in [4.69, 9.17) is 4.21 Å². The van der Waals surface area contributed by atoms with Gasteiger partial charge in [0.25, 0.3) is 0 Å². The van der Waals surface area contributed by atoms with Crippen LogP contribution in [0.2, 0.25) is 0 Å². The molecule has 0 aromatic heterocycles. The summed E-state index contributed by atoms with van der Waals surface area (Å²) in [5, 5.41) is -3.72. The fraction of sp³-hybridized carbons (Fsp3) is 1.00. The monoisotopic (exact) mass is 131 g/mol. The van der Waals surface area contributed by atoms with Gasteiger partial charge in [0, 0.05) is 4.21 Å². The lowest BCUT2D eigenvalue weighted by Crippen LogP contribution is -2.15. The van der Waals surface area contributed by atoms with Gasteiger partial charge >= 0.3 is 16.9 Å². The van der Waals surface area contributed by atoms with E-state index in [1.54, 1.807) is 0 Å². The van der Waals surface area contributed by atoms with Gasteiger partial charge in [-0.05, 0) is 0 Å². The van der Waals surface area contributed by atoms with Gasteiger partial charge < -0.3 is 0 Å². The van der Waals surface area contributed by atoms with Crippen molar-refractivity contribution in [2.75, 3.05) is 6.67 Å². The fourth-order valence-corrected chi connectivity index (χ4v) is 0.0668. The van der Waals surface area contributed by atoms with E-state index in [1.807, 2.05) is 0 Å². The van der Waals surface area contributed by atoms with Crippen molar-refractivity contribution in [3.8, 4) is 0 Å². The predicted octanol–water partition coefficient (Wildman–Crippen LogP) is 0.977. The molecule has 0 radical (unpaired) electrons. The second-order valence-corrected chi connectivity index (χ2v) is 1.62. The van der Waals surface area contributed by atoms with Crippen molar-refractivity contribution in [2.24, 2.45) is 0 Å². The Hall–Kier alpha value is -0.190. The van der Waals surface area contributed by atoms with Crippen LogP contribution < -0.4 is 0 Å². The van der Waals surface area contributed by atoms with Gasteiger partial charge in [-0.25, -0.2) is 4.39 Å².